The zero-order valence-corrected chi connectivity index (χ0v) is 13.6. The summed E-state index contributed by atoms with van der Waals surface area (Å²) < 4.78 is 38.9. The maximum absolute atomic E-state index is 12.6. The summed E-state index contributed by atoms with van der Waals surface area (Å²) in [6.45, 7) is 0. The van der Waals surface area contributed by atoms with Crippen LogP contribution in [0.25, 0.3) is 12.2 Å². The van der Waals surface area contributed by atoms with E-state index in [0.717, 1.165) is 17.7 Å². The molecule has 21 heavy (non-hydrogen) atoms. The van der Waals surface area contributed by atoms with E-state index in [9.17, 15) is 18.3 Å². The van der Waals surface area contributed by atoms with Gasteiger partial charge in [-0.05, 0) is 67.3 Å². The maximum atomic E-state index is 12.6. The second-order valence-electron chi connectivity index (χ2n) is 4.29. The maximum Gasteiger partial charge on any atom is 0.416 e. The third-order valence-electron chi connectivity index (χ3n) is 2.72. The van der Waals surface area contributed by atoms with Gasteiger partial charge in [-0.1, -0.05) is 24.3 Å². The molecule has 0 bridgehead atoms. The van der Waals surface area contributed by atoms with Crippen LogP contribution < -0.4 is 0 Å². The first-order chi connectivity index (χ1) is 9.77. The molecular weight excluding hydrogens is 413 g/mol. The zero-order valence-electron chi connectivity index (χ0n) is 10.5. The molecule has 6 heteroatoms. The van der Waals surface area contributed by atoms with Gasteiger partial charge in [-0.25, -0.2) is 0 Å². The van der Waals surface area contributed by atoms with Crippen LogP contribution in [0.5, 0.6) is 5.75 Å². The average Bonchev–Trinajstić information content (AvgIpc) is 2.42. The van der Waals surface area contributed by atoms with Gasteiger partial charge >= 0.3 is 6.18 Å². The van der Waals surface area contributed by atoms with Crippen LogP contribution in [0.3, 0.4) is 0 Å². The molecule has 0 heterocycles. The molecule has 1 nitrogen and oxygen atoms in total. The SMILES string of the molecule is Oc1c(Br)cc(/C=C/c2cccc(C(F)(F)F)c2)cc1Br. The summed E-state index contributed by atoms with van der Waals surface area (Å²) in [5.74, 6) is 0.0752. The molecule has 0 atom stereocenters. The minimum Gasteiger partial charge on any atom is -0.506 e. The number of aromatic hydroxyl groups is 1. The molecule has 0 radical (unpaired) electrons. The van der Waals surface area contributed by atoms with Crippen molar-refractivity contribution in [3.63, 3.8) is 0 Å². The fraction of sp³-hybridized carbons (Fsp3) is 0.0667. The van der Waals surface area contributed by atoms with Crippen molar-refractivity contribution in [3.8, 4) is 5.75 Å². The van der Waals surface area contributed by atoms with Crippen LogP contribution >= 0.6 is 31.9 Å². The Kier molecular flexibility index (Phi) is 4.78. The summed E-state index contributed by atoms with van der Waals surface area (Å²) in [4.78, 5) is 0. The van der Waals surface area contributed by atoms with Crippen LogP contribution in [0.1, 0.15) is 16.7 Å². The van der Waals surface area contributed by atoms with Crippen molar-refractivity contribution >= 4 is 44.0 Å². The fourth-order valence-electron chi connectivity index (χ4n) is 1.69. The summed E-state index contributed by atoms with van der Waals surface area (Å²) in [7, 11) is 0. The molecular formula is C15H9Br2F3O. The molecule has 0 aliphatic carbocycles. The Morgan fingerprint density at radius 3 is 2.05 bits per heavy atom. The average molecular weight is 422 g/mol. The fourth-order valence-corrected chi connectivity index (χ4v) is 2.91. The first-order valence-electron chi connectivity index (χ1n) is 5.81. The summed E-state index contributed by atoms with van der Waals surface area (Å²) in [6.07, 6.45) is -1.10. The molecule has 110 valence electrons. The van der Waals surface area contributed by atoms with E-state index in [-0.39, 0.29) is 5.75 Å². The number of rotatable bonds is 2. The third-order valence-corrected chi connectivity index (χ3v) is 3.93. The van der Waals surface area contributed by atoms with Crippen LogP contribution in [0.4, 0.5) is 13.2 Å². The highest BCUT2D eigenvalue weighted by Gasteiger charge is 2.30. The van der Waals surface area contributed by atoms with Crippen molar-refractivity contribution in [1.29, 1.82) is 0 Å². The molecule has 0 aliphatic heterocycles. The third kappa shape index (κ3) is 4.11. The number of phenols is 1. The number of alkyl halides is 3. The predicted octanol–water partition coefficient (Wildman–Crippen LogP) is 6.11. The molecule has 0 aliphatic rings. The van der Waals surface area contributed by atoms with Gasteiger partial charge in [0.15, 0.2) is 0 Å². The second-order valence-corrected chi connectivity index (χ2v) is 6.00. The number of halogens is 5. The van der Waals surface area contributed by atoms with Gasteiger partial charge in [-0.2, -0.15) is 13.2 Å². The number of benzene rings is 2. The minimum absolute atomic E-state index is 0.0752. The molecule has 0 aromatic heterocycles. The molecule has 1 N–H and O–H groups in total. The van der Waals surface area contributed by atoms with E-state index >= 15 is 0 Å². The van der Waals surface area contributed by atoms with E-state index in [1.54, 1.807) is 30.4 Å². The lowest BCUT2D eigenvalue weighted by atomic mass is 10.1. The molecule has 2 rings (SSSR count). The standard InChI is InChI=1S/C15H9Br2F3O/c16-12-7-10(8-13(17)14(12)21)5-4-9-2-1-3-11(6-9)15(18,19)20/h1-8,21H/b5-4+. The smallest absolute Gasteiger partial charge is 0.416 e. The van der Waals surface area contributed by atoms with Crippen molar-refractivity contribution in [2.45, 2.75) is 6.18 Å². The van der Waals surface area contributed by atoms with Crippen molar-refractivity contribution in [1.82, 2.24) is 0 Å². The van der Waals surface area contributed by atoms with E-state index in [1.807, 2.05) is 0 Å². The molecule has 0 saturated heterocycles. The van der Waals surface area contributed by atoms with E-state index < -0.39 is 11.7 Å². The van der Waals surface area contributed by atoms with Crippen LogP contribution in [-0.2, 0) is 6.18 Å². The Labute approximate surface area is 136 Å². The molecule has 2 aromatic rings. The number of hydrogen-bond donors (Lipinski definition) is 1. The molecule has 0 amide bonds. The van der Waals surface area contributed by atoms with Crippen LogP contribution in [0.2, 0.25) is 0 Å². The highest BCUT2D eigenvalue weighted by Crippen LogP contribution is 2.34. The van der Waals surface area contributed by atoms with Gasteiger partial charge in [-0.3, -0.25) is 0 Å². The van der Waals surface area contributed by atoms with E-state index in [4.69, 9.17) is 0 Å². The Bertz CT molecular complexity index is 671. The highest BCUT2D eigenvalue weighted by molar-refractivity contribution is 9.11. The first-order valence-corrected chi connectivity index (χ1v) is 7.39. The van der Waals surface area contributed by atoms with Gasteiger partial charge in [0.2, 0.25) is 0 Å². The molecule has 0 unspecified atom stereocenters. The lowest BCUT2D eigenvalue weighted by Crippen LogP contribution is -2.04. The van der Waals surface area contributed by atoms with Crippen LogP contribution in [0.15, 0.2) is 45.3 Å². The summed E-state index contributed by atoms with van der Waals surface area (Å²) in [5.41, 5.74) is 0.506. The Morgan fingerprint density at radius 2 is 1.48 bits per heavy atom. The van der Waals surface area contributed by atoms with Gasteiger partial charge in [-0.15, -0.1) is 0 Å². The van der Waals surface area contributed by atoms with E-state index in [1.165, 1.54) is 6.07 Å². The first kappa shape index (κ1) is 16.1. The monoisotopic (exact) mass is 420 g/mol. The van der Waals surface area contributed by atoms with Gasteiger partial charge < -0.3 is 5.11 Å². The Balaban J connectivity index is 2.30. The van der Waals surface area contributed by atoms with Gasteiger partial charge in [0.1, 0.15) is 5.75 Å². The summed E-state index contributed by atoms with van der Waals surface area (Å²) >= 11 is 6.40. The van der Waals surface area contributed by atoms with Crippen molar-refractivity contribution in [3.05, 3.63) is 62.0 Å². The van der Waals surface area contributed by atoms with E-state index in [2.05, 4.69) is 31.9 Å². The second kappa shape index (κ2) is 6.23. The normalized spacial score (nSPS) is 12.0. The summed E-state index contributed by atoms with van der Waals surface area (Å²) in [6, 6.07) is 8.42. The molecule has 2 aromatic carbocycles. The predicted molar refractivity (Wildman–Crippen MR) is 83.9 cm³/mol. The quantitative estimate of drug-likeness (QED) is 0.580. The number of hydrogen-bond acceptors (Lipinski definition) is 1. The van der Waals surface area contributed by atoms with Crippen molar-refractivity contribution in [2.24, 2.45) is 0 Å². The lowest BCUT2D eigenvalue weighted by Gasteiger charge is -2.06. The lowest BCUT2D eigenvalue weighted by molar-refractivity contribution is -0.137. The van der Waals surface area contributed by atoms with Crippen LogP contribution in [-0.4, -0.2) is 5.11 Å². The Hall–Kier alpha value is -1.27. The van der Waals surface area contributed by atoms with Gasteiger partial charge in [0.25, 0.3) is 0 Å². The van der Waals surface area contributed by atoms with Gasteiger partial charge in [0.05, 0.1) is 14.5 Å². The van der Waals surface area contributed by atoms with Gasteiger partial charge in [0, 0.05) is 0 Å². The van der Waals surface area contributed by atoms with Crippen molar-refractivity contribution < 1.29 is 18.3 Å². The number of phenolic OH excluding ortho intramolecular Hbond substituents is 1. The Morgan fingerprint density at radius 1 is 0.905 bits per heavy atom. The largest absolute Gasteiger partial charge is 0.506 e. The topological polar surface area (TPSA) is 20.2 Å². The van der Waals surface area contributed by atoms with Crippen LogP contribution in [0, 0.1) is 0 Å². The van der Waals surface area contributed by atoms with E-state index in [0.29, 0.717) is 14.5 Å². The molecule has 0 spiro atoms. The minimum atomic E-state index is -4.35. The molecule has 0 saturated carbocycles. The zero-order chi connectivity index (χ0) is 15.6. The van der Waals surface area contributed by atoms with Crippen molar-refractivity contribution in [2.75, 3.05) is 0 Å². The summed E-state index contributed by atoms with van der Waals surface area (Å²) in [5, 5.41) is 9.60. The molecule has 0 fully saturated rings. The highest BCUT2D eigenvalue weighted by atomic mass is 79.9.